The number of benzene rings is 2. The van der Waals surface area contributed by atoms with Gasteiger partial charge < -0.3 is 26.4 Å². The number of methoxy groups -OCH3 is 1. The molecule has 3 aromatic rings. The van der Waals surface area contributed by atoms with Gasteiger partial charge in [0.25, 0.3) is 5.91 Å². The number of rotatable bonds is 9. The molecule has 0 spiro atoms. The van der Waals surface area contributed by atoms with Crippen LogP contribution in [-0.4, -0.2) is 52.3 Å². The average Bonchev–Trinajstić information content (AvgIpc) is 3.09. The molecule has 0 aliphatic rings. The lowest BCUT2D eigenvalue weighted by Crippen LogP contribution is -2.29. The number of unbranched alkanes of at least 4 members (excludes halogenated alkanes) is 1. The highest BCUT2D eigenvalue weighted by atomic mass is 35.5. The molecule has 6 N–H and O–H groups in total. The molecule has 3 rings (SSSR count). The van der Waals surface area contributed by atoms with E-state index < -0.39 is 18.0 Å². The first-order valence-corrected chi connectivity index (χ1v) is 11.4. The van der Waals surface area contributed by atoms with Crippen molar-refractivity contribution in [3.63, 3.8) is 0 Å². The molecule has 0 fully saturated rings. The van der Waals surface area contributed by atoms with Crippen molar-refractivity contribution in [3.05, 3.63) is 64.3 Å². The Labute approximate surface area is 208 Å². The van der Waals surface area contributed by atoms with E-state index in [1.165, 1.54) is 4.57 Å². The van der Waals surface area contributed by atoms with Gasteiger partial charge in [0.05, 0.1) is 19.0 Å². The standard InChI is InChI=1S/C19H16ClNO4.C6H14N2O2/c1-11-15(10-18(22)23)16-9-14(25-2)7-8-17(16)21(11)19(24)12-3-5-13(20)6-4-12;7-4-2-1-3-5(8)6(9)10/h3-9H,10H2,1-2H3,(H,22,23);5H,1-4,7-8H2,(H,9,10)/t;5-/m.0/s1. The van der Waals surface area contributed by atoms with E-state index in [4.69, 9.17) is 32.9 Å². The highest BCUT2D eigenvalue weighted by Gasteiger charge is 2.21. The van der Waals surface area contributed by atoms with Gasteiger partial charge in [-0.2, -0.15) is 0 Å². The molecule has 0 unspecified atom stereocenters. The van der Waals surface area contributed by atoms with Gasteiger partial charge in [0, 0.05) is 21.7 Å². The Morgan fingerprint density at radius 1 is 1.09 bits per heavy atom. The molecule has 0 saturated heterocycles. The van der Waals surface area contributed by atoms with Crippen molar-refractivity contribution < 1.29 is 29.3 Å². The molecule has 188 valence electrons. The second kappa shape index (κ2) is 12.9. The molecular weight excluding hydrogens is 474 g/mol. The predicted molar refractivity (Wildman–Crippen MR) is 134 cm³/mol. The largest absolute Gasteiger partial charge is 0.497 e. The SMILES string of the molecule is COc1ccc2c(c1)c(CC(=O)O)c(C)n2C(=O)c1ccc(Cl)cc1.NCCCC[C@H](N)C(=O)O. The summed E-state index contributed by atoms with van der Waals surface area (Å²) < 4.78 is 6.77. The van der Waals surface area contributed by atoms with Crippen LogP contribution < -0.4 is 16.2 Å². The summed E-state index contributed by atoms with van der Waals surface area (Å²) >= 11 is 5.89. The second-order valence-corrected chi connectivity index (χ2v) is 8.33. The van der Waals surface area contributed by atoms with Gasteiger partial charge in [0.2, 0.25) is 0 Å². The Kier molecular flexibility index (Phi) is 10.3. The van der Waals surface area contributed by atoms with E-state index in [-0.39, 0.29) is 12.3 Å². The summed E-state index contributed by atoms with van der Waals surface area (Å²) in [6.07, 6.45) is 1.99. The van der Waals surface area contributed by atoms with Gasteiger partial charge >= 0.3 is 11.9 Å². The van der Waals surface area contributed by atoms with E-state index in [0.717, 1.165) is 12.8 Å². The number of carbonyl (C=O) groups excluding carboxylic acids is 1. The fourth-order valence-corrected chi connectivity index (χ4v) is 3.71. The molecule has 0 saturated carbocycles. The van der Waals surface area contributed by atoms with Crippen LogP contribution in [0.15, 0.2) is 42.5 Å². The number of halogens is 1. The number of fused-ring (bicyclic) bond motifs is 1. The van der Waals surface area contributed by atoms with E-state index >= 15 is 0 Å². The van der Waals surface area contributed by atoms with Crippen LogP contribution in [0.4, 0.5) is 0 Å². The molecule has 0 bridgehead atoms. The van der Waals surface area contributed by atoms with Gasteiger partial charge in [-0.1, -0.05) is 18.0 Å². The van der Waals surface area contributed by atoms with E-state index in [1.807, 2.05) is 0 Å². The van der Waals surface area contributed by atoms with Gasteiger partial charge in [-0.3, -0.25) is 19.0 Å². The third-order valence-electron chi connectivity index (χ3n) is 5.45. The van der Waals surface area contributed by atoms with Crippen molar-refractivity contribution in [1.29, 1.82) is 0 Å². The van der Waals surface area contributed by atoms with Crippen molar-refractivity contribution in [3.8, 4) is 5.75 Å². The minimum atomic E-state index is -0.955. The quantitative estimate of drug-likeness (QED) is 0.323. The zero-order valence-electron chi connectivity index (χ0n) is 19.7. The summed E-state index contributed by atoms with van der Waals surface area (Å²) in [5.41, 5.74) is 12.7. The van der Waals surface area contributed by atoms with Gasteiger partial charge in [0.15, 0.2) is 0 Å². The van der Waals surface area contributed by atoms with E-state index in [0.29, 0.717) is 51.5 Å². The highest BCUT2D eigenvalue weighted by Crippen LogP contribution is 2.30. The van der Waals surface area contributed by atoms with Crippen molar-refractivity contribution in [1.82, 2.24) is 4.57 Å². The molecule has 2 aromatic carbocycles. The van der Waals surface area contributed by atoms with Crippen molar-refractivity contribution in [2.75, 3.05) is 13.7 Å². The normalized spacial score (nSPS) is 11.5. The molecule has 35 heavy (non-hydrogen) atoms. The maximum atomic E-state index is 13.0. The zero-order chi connectivity index (χ0) is 26.1. The third-order valence-corrected chi connectivity index (χ3v) is 5.70. The first-order valence-electron chi connectivity index (χ1n) is 11.0. The minimum absolute atomic E-state index is 0.170. The molecule has 1 aromatic heterocycles. The van der Waals surface area contributed by atoms with Crippen LogP contribution >= 0.6 is 11.6 Å². The molecular formula is C25H30ClN3O6. The average molecular weight is 504 g/mol. The van der Waals surface area contributed by atoms with E-state index in [9.17, 15) is 19.5 Å². The first-order chi connectivity index (χ1) is 16.6. The smallest absolute Gasteiger partial charge is 0.320 e. The van der Waals surface area contributed by atoms with Gasteiger partial charge in [-0.05, 0) is 74.3 Å². The van der Waals surface area contributed by atoms with Crippen LogP contribution in [0, 0.1) is 6.92 Å². The summed E-state index contributed by atoms with van der Waals surface area (Å²) in [5, 5.41) is 18.8. The molecule has 0 radical (unpaired) electrons. The Morgan fingerprint density at radius 2 is 1.74 bits per heavy atom. The topological polar surface area (TPSA) is 158 Å². The molecule has 0 amide bonds. The molecule has 0 aliphatic heterocycles. The van der Waals surface area contributed by atoms with E-state index in [2.05, 4.69) is 0 Å². The fourth-order valence-electron chi connectivity index (χ4n) is 3.58. The third kappa shape index (κ3) is 7.29. The minimum Gasteiger partial charge on any atom is -0.497 e. The van der Waals surface area contributed by atoms with E-state index in [1.54, 1.807) is 56.5 Å². The van der Waals surface area contributed by atoms with Crippen LogP contribution in [0.25, 0.3) is 10.9 Å². The molecule has 9 nitrogen and oxygen atoms in total. The number of carboxylic acids is 2. The number of hydrogen-bond donors (Lipinski definition) is 4. The second-order valence-electron chi connectivity index (χ2n) is 7.89. The highest BCUT2D eigenvalue weighted by molar-refractivity contribution is 6.30. The summed E-state index contributed by atoms with van der Waals surface area (Å²) in [6, 6.07) is 11.2. The summed E-state index contributed by atoms with van der Waals surface area (Å²) in [5.74, 6) is -1.52. The maximum absolute atomic E-state index is 13.0. The van der Waals surface area contributed by atoms with Crippen LogP contribution in [0.2, 0.25) is 5.02 Å². The molecule has 0 aliphatic carbocycles. The summed E-state index contributed by atoms with van der Waals surface area (Å²) in [6.45, 7) is 2.35. The summed E-state index contributed by atoms with van der Waals surface area (Å²) in [7, 11) is 1.54. The number of hydrogen-bond acceptors (Lipinski definition) is 6. The van der Waals surface area contributed by atoms with Crippen LogP contribution in [-0.2, 0) is 16.0 Å². The number of nitrogens with two attached hydrogens (primary N) is 2. The monoisotopic (exact) mass is 503 g/mol. The Hall–Kier alpha value is -3.40. The fraction of sp³-hybridized carbons (Fsp3) is 0.320. The zero-order valence-corrected chi connectivity index (χ0v) is 20.4. The van der Waals surface area contributed by atoms with Gasteiger partial charge in [-0.15, -0.1) is 0 Å². The maximum Gasteiger partial charge on any atom is 0.320 e. The number of carboxylic acid groups (broad SMARTS) is 2. The number of aromatic nitrogens is 1. The lowest BCUT2D eigenvalue weighted by atomic mass is 10.1. The lowest BCUT2D eigenvalue weighted by molar-refractivity contribution is -0.139. The number of nitrogens with zero attached hydrogens (tertiary/aromatic N) is 1. The lowest BCUT2D eigenvalue weighted by Gasteiger charge is -2.08. The van der Waals surface area contributed by atoms with Crippen LogP contribution in [0.1, 0.15) is 40.9 Å². The van der Waals surface area contributed by atoms with Crippen molar-refractivity contribution in [2.24, 2.45) is 11.5 Å². The van der Waals surface area contributed by atoms with Crippen molar-refractivity contribution >= 4 is 40.3 Å². The Bertz CT molecular complexity index is 1190. The van der Waals surface area contributed by atoms with Crippen LogP contribution in [0.3, 0.4) is 0 Å². The van der Waals surface area contributed by atoms with Gasteiger partial charge in [-0.25, -0.2) is 0 Å². The Balaban J connectivity index is 0.000000367. The molecule has 1 atom stereocenters. The molecule has 1 heterocycles. The number of aliphatic carboxylic acids is 2. The number of carbonyl (C=O) groups is 3. The van der Waals surface area contributed by atoms with Crippen molar-refractivity contribution in [2.45, 2.75) is 38.6 Å². The Morgan fingerprint density at radius 3 is 2.29 bits per heavy atom. The van der Waals surface area contributed by atoms with Gasteiger partial charge in [0.1, 0.15) is 11.8 Å². The predicted octanol–water partition coefficient (Wildman–Crippen LogP) is 3.45. The summed E-state index contributed by atoms with van der Waals surface area (Å²) in [4.78, 5) is 34.4. The first kappa shape index (κ1) is 27.8. The molecule has 10 heteroatoms. The van der Waals surface area contributed by atoms with Crippen LogP contribution in [0.5, 0.6) is 5.75 Å². The number of ether oxygens (including phenoxy) is 1.